The molecule has 0 bridgehead atoms. The second-order valence-corrected chi connectivity index (χ2v) is 10.4. The van der Waals surface area contributed by atoms with E-state index in [1.165, 1.54) is 15.9 Å². The van der Waals surface area contributed by atoms with E-state index in [4.69, 9.17) is 26.2 Å². The van der Waals surface area contributed by atoms with Gasteiger partial charge in [-0.2, -0.15) is 14.6 Å². The number of hydrogen-bond acceptors (Lipinski definition) is 7. The maximum Gasteiger partial charge on any atom is 0.291 e. The van der Waals surface area contributed by atoms with Gasteiger partial charge in [0.1, 0.15) is 17.2 Å². The highest BCUT2D eigenvalue weighted by molar-refractivity contribution is 7.15. The second kappa shape index (κ2) is 11.0. The van der Waals surface area contributed by atoms with Gasteiger partial charge in [-0.1, -0.05) is 48.1 Å². The van der Waals surface area contributed by atoms with E-state index in [0.717, 1.165) is 34.5 Å². The lowest BCUT2D eigenvalue weighted by Crippen LogP contribution is -2.23. The fraction of sp³-hybridized carbons (Fsp3) is 0.133. The van der Waals surface area contributed by atoms with Crippen LogP contribution >= 0.6 is 22.9 Å². The van der Waals surface area contributed by atoms with Crippen LogP contribution < -0.4 is 19.6 Å². The van der Waals surface area contributed by atoms with E-state index in [-0.39, 0.29) is 5.56 Å². The van der Waals surface area contributed by atoms with E-state index in [9.17, 15) is 4.79 Å². The smallest absolute Gasteiger partial charge is 0.291 e. The molecule has 40 heavy (non-hydrogen) atoms. The quantitative estimate of drug-likeness (QED) is 0.235. The van der Waals surface area contributed by atoms with Crippen LogP contribution in [0.5, 0.6) is 11.5 Å². The zero-order valence-corrected chi connectivity index (χ0v) is 23.3. The topological polar surface area (TPSA) is 83.5 Å². The Kier molecular flexibility index (Phi) is 7.06. The molecule has 6 rings (SSSR count). The van der Waals surface area contributed by atoms with E-state index < -0.39 is 0 Å². The minimum atomic E-state index is -0.243. The van der Waals surface area contributed by atoms with E-state index in [2.05, 4.69) is 17.0 Å². The largest absolute Gasteiger partial charge is 0.495 e. The van der Waals surface area contributed by atoms with Crippen LogP contribution in [0.2, 0.25) is 5.02 Å². The number of para-hydroxylation sites is 1. The molecule has 0 unspecified atom stereocenters. The Morgan fingerprint density at radius 3 is 2.48 bits per heavy atom. The zero-order valence-electron chi connectivity index (χ0n) is 21.7. The Labute approximate surface area is 238 Å². The van der Waals surface area contributed by atoms with Gasteiger partial charge in [-0.15, -0.1) is 5.10 Å². The van der Waals surface area contributed by atoms with Gasteiger partial charge in [0, 0.05) is 22.9 Å². The number of fused-ring (bicyclic) bond motifs is 1. The molecule has 0 N–H and O–H groups in total. The molecular formula is C30H24ClN5O3S. The third-order valence-electron chi connectivity index (χ3n) is 6.24. The molecule has 200 valence electrons. The van der Waals surface area contributed by atoms with Gasteiger partial charge in [-0.3, -0.25) is 4.79 Å². The van der Waals surface area contributed by atoms with Crippen LogP contribution in [-0.4, -0.2) is 38.1 Å². The third-order valence-corrected chi connectivity index (χ3v) is 7.50. The summed E-state index contributed by atoms with van der Waals surface area (Å²) in [6, 6.07) is 22.8. The van der Waals surface area contributed by atoms with Gasteiger partial charge < -0.3 is 9.47 Å². The molecule has 0 saturated carbocycles. The van der Waals surface area contributed by atoms with Crippen LogP contribution in [0.3, 0.4) is 0 Å². The number of aromatic nitrogens is 5. The predicted octanol–water partition coefficient (Wildman–Crippen LogP) is 5.67. The molecule has 0 fully saturated rings. The molecule has 0 spiro atoms. The SMILES string of the molecule is CCCOc1ccc(-c2nc3sc(=Cc4cn(-c5ccccc5)nc4-c4ccc(OC)c(Cl)c4)c(=O)n3n2)cc1. The van der Waals surface area contributed by atoms with Gasteiger partial charge in [0.2, 0.25) is 4.96 Å². The average Bonchev–Trinajstić information content (AvgIpc) is 3.67. The number of nitrogens with zero attached hydrogens (tertiary/aromatic N) is 5. The lowest BCUT2D eigenvalue weighted by atomic mass is 10.1. The minimum Gasteiger partial charge on any atom is -0.495 e. The molecule has 3 heterocycles. The van der Waals surface area contributed by atoms with Crippen molar-refractivity contribution in [2.24, 2.45) is 0 Å². The van der Waals surface area contributed by atoms with Crippen molar-refractivity contribution in [2.45, 2.75) is 13.3 Å². The molecule has 0 atom stereocenters. The summed E-state index contributed by atoms with van der Waals surface area (Å²) in [6.07, 6.45) is 4.66. The first-order chi connectivity index (χ1) is 19.5. The zero-order chi connectivity index (χ0) is 27.6. The summed E-state index contributed by atoms with van der Waals surface area (Å²) in [5.74, 6) is 1.85. The lowest BCUT2D eigenvalue weighted by molar-refractivity contribution is 0.317. The number of hydrogen-bond donors (Lipinski definition) is 0. The van der Waals surface area contributed by atoms with Crippen molar-refractivity contribution in [3.8, 4) is 39.8 Å². The van der Waals surface area contributed by atoms with Crippen molar-refractivity contribution >= 4 is 34.0 Å². The van der Waals surface area contributed by atoms with Crippen molar-refractivity contribution in [1.29, 1.82) is 0 Å². The van der Waals surface area contributed by atoms with Crippen LogP contribution in [0.4, 0.5) is 0 Å². The third kappa shape index (κ3) is 4.97. The van der Waals surface area contributed by atoms with Gasteiger partial charge >= 0.3 is 0 Å². The van der Waals surface area contributed by atoms with Crippen molar-refractivity contribution in [3.63, 3.8) is 0 Å². The Balaban J connectivity index is 1.41. The predicted molar refractivity (Wildman–Crippen MR) is 158 cm³/mol. The molecule has 3 aromatic carbocycles. The van der Waals surface area contributed by atoms with Crippen LogP contribution in [-0.2, 0) is 0 Å². The number of ether oxygens (including phenoxy) is 2. The first-order valence-corrected chi connectivity index (χ1v) is 13.9. The highest BCUT2D eigenvalue weighted by atomic mass is 35.5. The molecule has 3 aromatic heterocycles. The van der Waals surface area contributed by atoms with Gasteiger partial charge in [-0.05, 0) is 67.1 Å². The second-order valence-electron chi connectivity index (χ2n) is 8.98. The van der Waals surface area contributed by atoms with Crippen molar-refractivity contribution < 1.29 is 9.47 Å². The first-order valence-electron chi connectivity index (χ1n) is 12.7. The summed E-state index contributed by atoms with van der Waals surface area (Å²) < 4.78 is 14.6. The molecule has 0 aliphatic heterocycles. The van der Waals surface area contributed by atoms with Crippen molar-refractivity contribution in [1.82, 2.24) is 24.4 Å². The maximum absolute atomic E-state index is 13.4. The number of methoxy groups -OCH3 is 1. The monoisotopic (exact) mass is 569 g/mol. The van der Waals surface area contributed by atoms with E-state index >= 15 is 0 Å². The lowest BCUT2D eigenvalue weighted by Gasteiger charge is -2.05. The number of halogens is 1. The maximum atomic E-state index is 13.4. The van der Waals surface area contributed by atoms with Gasteiger partial charge in [0.05, 0.1) is 29.0 Å². The van der Waals surface area contributed by atoms with Gasteiger partial charge in [0.25, 0.3) is 5.56 Å². The normalized spacial score (nSPS) is 11.8. The number of benzene rings is 3. The molecule has 6 aromatic rings. The Bertz CT molecular complexity index is 1910. The summed E-state index contributed by atoms with van der Waals surface area (Å²) in [4.78, 5) is 18.5. The fourth-order valence-corrected chi connectivity index (χ4v) is 5.42. The van der Waals surface area contributed by atoms with E-state index in [1.54, 1.807) is 23.9 Å². The highest BCUT2D eigenvalue weighted by Crippen LogP contribution is 2.32. The standard InChI is InChI=1S/C30H24ClN5O3S/c1-3-15-39-23-12-9-19(10-13-23)28-32-30-36(34-28)29(37)26(40-30)17-21-18-35(22-7-5-4-6-8-22)33-27(21)20-11-14-25(38-2)24(31)16-20/h4-14,16-18H,3,15H2,1-2H3. The Morgan fingerprint density at radius 1 is 1.00 bits per heavy atom. The minimum absolute atomic E-state index is 0.243. The van der Waals surface area contributed by atoms with Crippen molar-refractivity contribution in [2.75, 3.05) is 13.7 Å². The van der Waals surface area contributed by atoms with Crippen LogP contribution in [0, 0.1) is 0 Å². The summed E-state index contributed by atoms with van der Waals surface area (Å²) in [5.41, 5.74) is 3.70. The van der Waals surface area contributed by atoms with Crippen LogP contribution in [0.25, 0.3) is 39.4 Å². The van der Waals surface area contributed by atoms with Crippen molar-refractivity contribution in [3.05, 3.63) is 104 Å². The molecule has 0 aliphatic carbocycles. The molecule has 8 nitrogen and oxygen atoms in total. The molecule has 0 amide bonds. The summed E-state index contributed by atoms with van der Waals surface area (Å²) in [7, 11) is 1.57. The molecular weight excluding hydrogens is 546 g/mol. The summed E-state index contributed by atoms with van der Waals surface area (Å²) >= 11 is 7.71. The average molecular weight is 570 g/mol. The summed E-state index contributed by atoms with van der Waals surface area (Å²) in [5, 5.41) is 9.80. The Hall–Kier alpha value is -4.47. The number of thiazole rings is 1. The van der Waals surface area contributed by atoms with Crippen LogP contribution in [0.15, 0.2) is 83.8 Å². The Morgan fingerprint density at radius 2 is 1.77 bits per heavy atom. The van der Waals surface area contributed by atoms with Gasteiger partial charge in [-0.25, -0.2) is 4.68 Å². The number of rotatable bonds is 8. The molecule has 0 saturated heterocycles. The van der Waals surface area contributed by atoms with Gasteiger partial charge in [0.15, 0.2) is 5.82 Å². The fourth-order valence-electron chi connectivity index (χ4n) is 4.26. The molecule has 0 aliphatic rings. The van der Waals surface area contributed by atoms with E-state index in [1.807, 2.05) is 72.9 Å². The van der Waals surface area contributed by atoms with E-state index in [0.29, 0.717) is 38.4 Å². The molecule has 10 heteroatoms. The molecule has 0 radical (unpaired) electrons. The first kappa shape index (κ1) is 25.8. The summed E-state index contributed by atoms with van der Waals surface area (Å²) in [6.45, 7) is 2.72. The van der Waals surface area contributed by atoms with Crippen LogP contribution in [0.1, 0.15) is 18.9 Å². The highest BCUT2D eigenvalue weighted by Gasteiger charge is 2.16.